The molecule has 1 atom stereocenters. The summed E-state index contributed by atoms with van der Waals surface area (Å²) in [6.45, 7) is 5.17. The molecule has 3 N–H and O–H groups in total. The van der Waals surface area contributed by atoms with Crippen molar-refractivity contribution < 1.29 is 18.0 Å². The van der Waals surface area contributed by atoms with Gasteiger partial charge in [0.25, 0.3) is 10.0 Å². The Hall–Kier alpha value is -2.87. The second kappa shape index (κ2) is 6.45. The standard InChI is InChI=1S/C18H19N3O4S/c1-10-4-5-11(2)15(8-10)21-26(24,25)13-6-7-14-16(9-13)20-18(23)12(3)17(22)19-14/h4-9,12,21H,1-3H3,(H,19,22)(H,20,23)/t12-/m0/s1. The molecule has 1 heterocycles. The number of carbonyl (C=O) groups excluding carboxylic acids is 2. The smallest absolute Gasteiger partial charge is 0.261 e. The van der Waals surface area contributed by atoms with Crippen LogP contribution in [-0.2, 0) is 19.6 Å². The molecule has 2 aromatic carbocycles. The fourth-order valence-electron chi connectivity index (χ4n) is 2.55. The Morgan fingerprint density at radius 2 is 1.58 bits per heavy atom. The van der Waals surface area contributed by atoms with Crippen LogP contribution in [0, 0.1) is 19.8 Å². The van der Waals surface area contributed by atoms with Gasteiger partial charge in [-0.2, -0.15) is 0 Å². The first-order valence-corrected chi connectivity index (χ1v) is 9.51. The van der Waals surface area contributed by atoms with Gasteiger partial charge >= 0.3 is 0 Å². The monoisotopic (exact) mass is 373 g/mol. The summed E-state index contributed by atoms with van der Waals surface area (Å²) in [4.78, 5) is 23.8. The Labute approximate surface area is 151 Å². The van der Waals surface area contributed by atoms with Gasteiger partial charge in [0.05, 0.1) is 22.0 Å². The predicted molar refractivity (Wildman–Crippen MR) is 99.6 cm³/mol. The number of anilines is 3. The van der Waals surface area contributed by atoms with Gasteiger partial charge in [0.1, 0.15) is 5.92 Å². The topological polar surface area (TPSA) is 104 Å². The van der Waals surface area contributed by atoms with E-state index < -0.39 is 27.8 Å². The van der Waals surface area contributed by atoms with E-state index in [2.05, 4.69) is 15.4 Å². The van der Waals surface area contributed by atoms with Crippen molar-refractivity contribution in [2.45, 2.75) is 25.7 Å². The molecule has 0 saturated heterocycles. The number of carbonyl (C=O) groups is 2. The van der Waals surface area contributed by atoms with Gasteiger partial charge in [0.2, 0.25) is 11.8 Å². The zero-order chi connectivity index (χ0) is 19.1. The maximum Gasteiger partial charge on any atom is 0.261 e. The summed E-state index contributed by atoms with van der Waals surface area (Å²) in [5.74, 6) is -1.79. The van der Waals surface area contributed by atoms with Gasteiger partial charge in [-0.15, -0.1) is 0 Å². The number of benzene rings is 2. The van der Waals surface area contributed by atoms with E-state index in [1.54, 1.807) is 6.07 Å². The molecule has 8 heteroatoms. The fraction of sp³-hybridized carbons (Fsp3) is 0.222. The molecular weight excluding hydrogens is 354 g/mol. The van der Waals surface area contributed by atoms with Crippen LogP contribution in [0.3, 0.4) is 0 Å². The maximum atomic E-state index is 12.7. The zero-order valence-electron chi connectivity index (χ0n) is 14.6. The van der Waals surface area contributed by atoms with Gasteiger partial charge in [0.15, 0.2) is 0 Å². The lowest BCUT2D eigenvalue weighted by molar-refractivity contribution is -0.128. The third-order valence-corrected chi connectivity index (χ3v) is 5.60. The van der Waals surface area contributed by atoms with Crippen molar-refractivity contribution in [1.29, 1.82) is 0 Å². The molecule has 0 fully saturated rings. The number of rotatable bonds is 3. The summed E-state index contributed by atoms with van der Waals surface area (Å²) in [5.41, 5.74) is 2.82. The van der Waals surface area contributed by atoms with Crippen LogP contribution in [0.15, 0.2) is 41.3 Å². The fourth-order valence-corrected chi connectivity index (χ4v) is 3.70. The number of nitrogens with one attached hydrogen (secondary N) is 3. The van der Waals surface area contributed by atoms with E-state index in [0.29, 0.717) is 11.4 Å². The highest BCUT2D eigenvalue weighted by Crippen LogP contribution is 2.30. The maximum absolute atomic E-state index is 12.7. The Morgan fingerprint density at radius 3 is 2.27 bits per heavy atom. The van der Waals surface area contributed by atoms with Crippen LogP contribution in [0.1, 0.15) is 18.1 Å². The van der Waals surface area contributed by atoms with Gasteiger partial charge < -0.3 is 10.6 Å². The highest BCUT2D eigenvalue weighted by atomic mass is 32.2. The Bertz CT molecular complexity index is 1020. The first kappa shape index (κ1) is 17.9. The van der Waals surface area contributed by atoms with Crippen molar-refractivity contribution in [3.05, 3.63) is 47.5 Å². The number of sulfonamides is 1. The lowest BCUT2D eigenvalue weighted by atomic mass is 10.1. The Kier molecular flexibility index (Phi) is 4.45. The average Bonchev–Trinajstić information content (AvgIpc) is 2.68. The third kappa shape index (κ3) is 3.41. The molecule has 0 aliphatic carbocycles. The lowest BCUT2D eigenvalue weighted by Gasteiger charge is -2.13. The average molecular weight is 373 g/mol. The van der Waals surface area contributed by atoms with Gasteiger partial charge in [-0.3, -0.25) is 14.3 Å². The zero-order valence-corrected chi connectivity index (χ0v) is 15.4. The quantitative estimate of drug-likeness (QED) is 0.719. The molecule has 0 saturated carbocycles. The Morgan fingerprint density at radius 1 is 0.923 bits per heavy atom. The van der Waals surface area contributed by atoms with Gasteiger partial charge in [-0.1, -0.05) is 12.1 Å². The van der Waals surface area contributed by atoms with Crippen LogP contribution in [0.4, 0.5) is 17.1 Å². The number of hydrogen-bond acceptors (Lipinski definition) is 4. The molecule has 0 bridgehead atoms. The minimum absolute atomic E-state index is 0.0127. The summed E-state index contributed by atoms with van der Waals surface area (Å²) in [6.07, 6.45) is 0. The number of aryl methyl sites for hydroxylation is 2. The summed E-state index contributed by atoms with van der Waals surface area (Å²) < 4.78 is 28.0. The molecule has 26 heavy (non-hydrogen) atoms. The molecule has 0 radical (unpaired) electrons. The summed E-state index contributed by atoms with van der Waals surface area (Å²) in [5, 5.41) is 5.19. The second-order valence-corrected chi connectivity index (χ2v) is 8.01. The molecule has 2 aromatic rings. The van der Waals surface area contributed by atoms with Crippen molar-refractivity contribution in [2.75, 3.05) is 15.4 Å². The van der Waals surface area contributed by atoms with Crippen LogP contribution in [0.25, 0.3) is 0 Å². The van der Waals surface area contributed by atoms with Crippen molar-refractivity contribution in [1.82, 2.24) is 0 Å². The van der Waals surface area contributed by atoms with Gasteiger partial charge in [0, 0.05) is 0 Å². The largest absolute Gasteiger partial charge is 0.324 e. The van der Waals surface area contributed by atoms with Crippen LogP contribution >= 0.6 is 0 Å². The minimum atomic E-state index is -3.86. The van der Waals surface area contributed by atoms with Crippen LogP contribution in [-0.4, -0.2) is 20.2 Å². The summed E-state index contributed by atoms with van der Waals surface area (Å²) >= 11 is 0. The highest BCUT2D eigenvalue weighted by Gasteiger charge is 2.28. The van der Waals surface area contributed by atoms with E-state index in [1.165, 1.54) is 25.1 Å². The molecule has 136 valence electrons. The van der Waals surface area contributed by atoms with Crippen molar-refractivity contribution in [2.24, 2.45) is 5.92 Å². The molecule has 1 aliphatic rings. The van der Waals surface area contributed by atoms with E-state index >= 15 is 0 Å². The normalized spacial score (nSPS) is 17.0. The SMILES string of the molecule is Cc1ccc(C)c(NS(=O)(=O)c2ccc3c(c2)NC(=O)[C@@H](C)C(=O)N3)c1. The first-order chi connectivity index (χ1) is 12.2. The molecule has 2 amide bonds. The van der Waals surface area contributed by atoms with Crippen LogP contribution < -0.4 is 15.4 Å². The number of hydrogen-bond donors (Lipinski definition) is 3. The summed E-state index contributed by atoms with van der Waals surface area (Å²) in [6, 6.07) is 9.66. The van der Waals surface area contributed by atoms with E-state index in [4.69, 9.17) is 0 Å². The van der Waals surface area contributed by atoms with E-state index in [0.717, 1.165) is 11.1 Å². The first-order valence-electron chi connectivity index (χ1n) is 8.03. The van der Waals surface area contributed by atoms with Crippen molar-refractivity contribution >= 4 is 38.9 Å². The van der Waals surface area contributed by atoms with Crippen LogP contribution in [0.2, 0.25) is 0 Å². The van der Waals surface area contributed by atoms with E-state index in [1.807, 2.05) is 26.0 Å². The van der Waals surface area contributed by atoms with Gasteiger partial charge in [-0.05, 0) is 56.2 Å². The molecule has 0 aromatic heterocycles. The molecular formula is C18H19N3O4S. The van der Waals surface area contributed by atoms with Crippen molar-refractivity contribution in [3.63, 3.8) is 0 Å². The van der Waals surface area contributed by atoms with Crippen molar-refractivity contribution in [3.8, 4) is 0 Å². The molecule has 3 rings (SSSR count). The number of amides is 2. The third-order valence-electron chi connectivity index (χ3n) is 4.24. The van der Waals surface area contributed by atoms with Gasteiger partial charge in [-0.25, -0.2) is 8.42 Å². The lowest BCUT2D eigenvalue weighted by Crippen LogP contribution is -2.28. The minimum Gasteiger partial charge on any atom is -0.324 e. The highest BCUT2D eigenvalue weighted by molar-refractivity contribution is 7.92. The van der Waals surface area contributed by atoms with E-state index in [9.17, 15) is 18.0 Å². The number of fused-ring (bicyclic) bond motifs is 1. The predicted octanol–water partition coefficient (Wildman–Crippen LogP) is 2.63. The molecule has 0 spiro atoms. The van der Waals surface area contributed by atoms with E-state index in [-0.39, 0.29) is 10.6 Å². The second-order valence-electron chi connectivity index (χ2n) is 6.33. The summed E-state index contributed by atoms with van der Waals surface area (Å²) in [7, 11) is -3.86. The van der Waals surface area contributed by atoms with Crippen LogP contribution in [0.5, 0.6) is 0 Å². The Balaban J connectivity index is 1.97. The molecule has 7 nitrogen and oxygen atoms in total. The molecule has 0 unspecified atom stereocenters. The molecule has 1 aliphatic heterocycles.